The molecule has 0 spiro atoms. The number of carboxylic acids is 1. The van der Waals surface area contributed by atoms with Crippen LogP contribution < -0.4 is 15.0 Å². The van der Waals surface area contributed by atoms with Crippen LogP contribution in [-0.2, 0) is 19.4 Å². The van der Waals surface area contributed by atoms with Gasteiger partial charge in [0.25, 0.3) is 5.91 Å². The maximum absolute atomic E-state index is 13.3. The van der Waals surface area contributed by atoms with Gasteiger partial charge < -0.3 is 14.7 Å². The highest BCUT2D eigenvalue weighted by Gasteiger charge is 2.26. The van der Waals surface area contributed by atoms with Crippen LogP contribution >= 0.6 is 22.7 Å². The maximum Gasteiger partial charge on any atom is 0.355 e. The molecule has 6 rings (SSSR count). The standard InChI is InChI=1S/C30H26N4O4S2/c35-27(33-29-31-23-12-4-5-13-24(23)39-29)21-11-6-8-19-15-16-34(18-22(19)21)30-32-26(28(36)37)25(40-30)14-7-17-38-20-9-2-1-3-10-20/h1-6,8-13H,7,14-18H2,(H,36,37)(H,31,33,35). The molecule has 3 heterocycles. The van der Waals surface area contributed by atoms with Crippen molar-refractivity contribution in [3.8, 4) is 5.75 Å². The summed E-state index contributed by atoms with van der Waals surface area (Å²) < 4.78 is 6.78. The molecule has 0 saturated heterocycles. The van der Waals surface area contributed by atoms with Gasteiger partial charge in [0, 0.05) is 23.5 Å². The lowest BCUT2D eigenvalue weighted by molar-refractivity contribution is 0.0690. The van der Waals surface area contributed by atoms with Crippen molar-refractivity contribution in [2.75, 3.05) is 23.4 Å². The molecule has 0 radical (unpaired) electrons. The molecule has 0 aliphatic carbocycles. The van der Waals surface area contributed by atoms with Crippen LogP contribution in [-0.4, -0.2) is 40.1 Å². The van der Waals surface area contributed by atoms with E-state index in [0.717, 1.165) is 38.4 Å². The smallest absolute Gasteiger partial charge is 0.355 e. The van der Waals surface area contributed by atoms with Crippen LogP contribution in [0.3, 0.4) is 0 Å². The molecule has 40 heavy (non-hydrogen) atoms. The van der Waals surface area contributed by atoms with Crippen LogP contribution in [0.15, 0.2) is 72.8 Å². The van der Waals surface area contributed by atoms with E-state index < -0.39 is 5.97 Å². The summed E-state index contributed by atoms with van der Waals surface area (Å²) in [6, 6.07) is 23.1. The van der Waals surface area contributed by atoms with Gasteiger partial charge in [-0.2, -0.15) is 0 Å². The average molecular weight is 571 g/mol. The number of nitrogens with zero attached hydrogens (tertiary/aromatic N) is 3. The molecular weight excluding hydrogens is 544 g/mol. The number of fused-ring (bicyclic) bond motifs is 2. The molecule has 0 unspecified atom stereocenters. The highest BCUT2D eigenvalue weighted by atomic mass is 32.1. The molecule has 2 N–H and O–H groups in total. The average Bonchev–Trinajstić information content (AvgIpc) is 3.59. The number of amides is 1. The Morgan fingerprint density at radius 3 is 2.62 bits per heavy atom. The van der Waals surface area contributed by atoms with E-state index in [1.165, 1.54) is 22.7 Å². The van der Waals surface area contributed by atoms with Crippen LogP contribution in [0.1, 0.15) is 43.3 Å². The Morgan fingerprint density at radius 2 is 1.80 bits per heavy atom. The number of thiazole rings is 2. The van der Waals surface area contributed by atoms with Gasteiger partial charge in [-0.05, 0) is 60.7 Å². The number of carboxylic acid groups (broad SMARTS) is 1. The Balaban J connectivity index is 1.17. The third-order valence-corrected chi connectivity index (χ3v) is 8.88. The number of aryl methyl sites for hydroxylation is 1. The molecule has 0 fully saturated rings. The Labute approximate surface area is 238 Å². The number of rotatable bonds is 9. The van der Waals surface area contributed by atoms with Crippen molar-refractivity contribution < 1.29 is 19.4 Å². The van der Waals surface area contributed by atoms with Gasteiger partial charge in [0.1, 0.15) is 5.75 Å². The first-order chi connectivity index (χ1) is 19.5. The first-order valence-electron chi connectivity index (χ1n) is 13.0. The highest BCUT2D eigenvalue weighted by molar-refractivity contribution is 7.22. The number of aromatic nitrogens is 2. The van der Waals surface area contributed by atoms with Gasteiger partial charge in [0.2, 0.25) is 0 Å². The van der Waals surface area contributed by atoms with Crippen molar-refractivity contribution in [2.24, 2.45) is 0 Å². The molecule has 8 nitrogen and oxygen atoms in total. The van der Waals surface area contributed by atoms with E-state index in [-0.39, 0.29) is 11.6 Å². The zero-order valence-corrected chi connectivity index (χ0v) is 23.1. The second kappa shape index (κ2) is 11.4. The number of nitrogens with one attached hydrogen (secondary N) is 1. The van der Waals surface area contributed by atoms with Crippen molar-refractivity contribution in [1.29, 1.82) is 0 Å². The van der Waals surface area contributed by atoms with E-state index in [2.05, 4.69) is 20.2 Å². The van der Waals surface area contributed by atoms with E-state index in [1.54, 1.807) is 0 Å². The van der Waals surface area contributed by atoms with Gasteiger partial charge >= 0.3 is 5.97 Å². The lowest BCUT2D eigenvalue weighted by Gasteiger charge is -2.29. The molecule has 1 aliphatic rings. The third kappa shape index (κ3) is 5.54. The molecule has 202 valence electrons. The van der Waals surface area contributed by atoms with Crippen LogP contribution in [0.25, 0.3) is 10.2 Å². The molecule has 2 aromatic heterocycles. The number of ether oxygens (including phenoxy) is 1. The zero-order chi connectivity index (χ0) is 27.5. The normalized spacial score (nSPS) is 12.8. The SMILES string of the molecule is O=C(Nc1nc2ccccc2s1)c1cccc2c1CN(c1nc(C(=O)O)c(CCCOc3ccccc3)s1)CC2. The minimum absolute atomic E-state index is 0.0902. The molecule has 5 aromatic rings. The second-order valence-corrected chi connectivity index (χ2v) is 11.5. The number of hydrogen-bond donors (Lipinski definition) is 2. The number of carbonyl (C=O) groups is 2. The molecular formula is C30H26N4O4S2. The van der Waals surface area contributed by atoms with Crippen molar-refractivity contribution in [2.45, 2.75) is 25.8 Å². The quantitative estimate of drug-likeness (QED) is 0.201. The molecule has 3 aromatic carbocycles. The molecule has 0 atom stereocenters. The number of carbonyl (C=O) groups excluding carboxylic acids is 1. The lowest BCUT2D eigenvalue weighted by atomic mass is 9.94. The summed E-state index contributed by atoms with van der Waals surface area (Å²) in [6.07, 6.45) is 1.97. The van der Waals surface area contributed by atoms with Crippen molar-refractivity contribution in [3.63, 3.8) is 0 Å². The van der Waals surface area contributed by atoms with Crippen LogP contribution in [0.5, 0.6) is 5.75 Å². The van der Waals surface area contributed by atoms with Gasteiger partial charge in [-0.15, -0.1) is 11.3 Å². The largest absolute Gasteiger partial charge is 0.494 e. The van der Waals surface area contributed by atoms with Gasteiger partial charge in [-0.1, -0.05) is 53.8 Å². The topological polar surface area (TPSA) is 105 Å². The summed E-state index contributed by atoms with van der Waals surface area (Å²) in [7, 11) is 0. The lowest BCUT2D eigenvalue weighted by Crippen LogP contribution is -2.32. The van der Waals surface area contributed by atoms with Crippen molar-refractivity contribution in [3.05, 3.63) is 100 Å². The fraction of sp³-hybridized carbons (Fsp3) is 0.200. The molecule has 0 saturated carbocycles. The monoisotopic (exact) mass is 570 g/mol. The molecule has 1 amide bonds. The summed E-state index contributed by atoms with van der Waals surface area (Å²) in [6.45, 7) is 1.65. The minimum Gasteiger partial charge on any atom is -0.494 e. The first kappa shape index (κ1) is 26.0. The van der Waals surface area contributed by atoms with Gasteiger partial charge in [-0.25, -0.2) is 14.8 Å². The van der Waals surface area contributed by atoms with Gasteiger partial charge in [-0.3, -0.25) is 10.1 Å². The molecule has 0 bridgehead atoms. The van der Waals surface area contributed by atoms with E-state index in [1.807, 2.05) is 72.8 Å². The van der Waals surface area contributed by atoms with Crippen LogP contribution in [0.4, 0.5) is 10.3 Å². The zero-order valence-electron chi connectivity index (χ0n) is 21.5. The fourth-order valence-electron chi connectivity index (χ4n) is 4.80. The summed E-state index contributed by atoms with van der Waals surface area (Å²) in [4.78, 5) is 37.2. The summed E-state index contributed by atoms with van der Waals surface area (Å²) >= 11 is 2.85. The van der Waals surface area contributed by atoms with Crippen molar-refractivity contribution in [1.82, 2.24) is 9.97 Å². The third-order valence-electron chi connectivity index (χ3n) is 6.75. The minimum atomic E-state index is -1.03. The first-order valence-corrected chi connectivity index (χ1v) is 14.6. The predicted octanol–water partition coefficient (Wildman–Crippen LogP) is 6.28. The maximum atomic E-state index is 13.3. The summed E-state index contributed by atoms with van der Waals surface area (Å²) in [5.74, 6) is -0.446. The van der Waals surface area contributed by atoms with Gasteiger partial charge in [0.05, 0.1) is 16.8 Å². The summed E-state index contributed by atoms with van der Waals surface area (Å²) in [5.41, 5.74) is 3.57. The summed E-state index contributed by atoms with van der Waals surface area (Å²) in [5, 5.41) is 14.0. The number of aromatic carboxylic acids is 1. The molecule has 1 aliphatic heterocycles. The van der Waals surface area contributed by atoms with Crippen LogP contribution in [0.2, 0.25) is 0 Å². The number of benzene rings is 3. The van der Waals surface area contributed by atoms with E-state index in [9.17, 15) is 14.7 Å². The Morgan fingerprint density at radius 1 is 0.975 bits per heavy atom. The number of anilines is 2. The van der Waals surface area contributed by atoms with E-state index in [4.69, 9.17) is 4.74 Å². The van der Waals surface area contributed by atoms with E-state index in [0.29, 0.717) is 48.4 Å². The van der Waals surface area contributed by atoms with Crippen molar-refractivity contribution >= 4 is 55.0 Å². The number of hydrogen-bond acceptors (Lipinski definition) is 8. The number of para-hydroxylation sites is 2. The highest BCUT2D eigenvalue weighted by Crippen LogP contribution is 2.33. The van der Waals surface area contributed by atoms with E-state index >= 15 is 0 Å². The Kier molecular flexibility index (Phi) is 7.43. The predicted molar refractivity (Wildman–Crippen MR) is 158 cm³/mol. The fourth-order valence-corrected chi connectivity index (χ4v) is 6.78. The van der Waals surface area contributed by atoms with Crippen LogP contribution in [0, 0.1) is 0 Å². The Bertz CT molecular complexity index is 1650. The second-order valence-electron chi connectivity index (χ2n) is 9.39. The molecule has 10 heteroatoms. The Hall–Kier alpha value is -4.28. The van der Waals surface area contributed by atoms with Gasteiger partial charge in [0.15, 0.2) is 16.0 Å².